The molecule has 0 aliphatic carbocycles. The van der Waals surface area contributed by atoms with Crippen molar-refractivity contribution in [1.29, 1.82) is 0 Å². The Labute approximate surface area is 100 Å². The predicted octanol–water partition coefficient (Wildman–Crippen LogP) is 1.94. The Kier molecular flexibility index (Phi) is 7.87. The van der Waals surface area contributed by atoms with Gasteiger partial charge in [-0.1, -0.05) is 18.6 Å². The third-order valence-electron chi connectivity index (χ3n) is 2.74. The molecule has 4 nitrogen and oxygen atoms in total. The molecule has 0 rings (SSSR count). The van der Waals surface area contributed by atoms with Crippen molar-refractivity contribution in [1.82, 2.24) is 0 Å². The van der Waals surface area contributed by atoms with Crippen LogP contribution >= 0.6 is 0 Å². The van der Waals surface area contributed by atoms with E-state index in [1.54, 1.807) is 21.3 Å². The Bertz CT molecular complexity index is 209. The minimum Gasteiger partial charge on any atom is -0.377 e. The maximum atomic E-state index is 5.46. The standard InChI is InChI=1S/C11H25NO3Si/c1-10(7-6-8-12)9-11(2)16(13-3,14-4)15-5/h7,11H,6,8-9,12H2,1-5H3. The number of nitrogens with two attached hydrogens (primary N) is 1. The average molecular weight is 247 g/mol. The zero-order valence-electron chi connectivity index (χ0n) is 11.1. The van der Waals surface area contributed by atoms with Crippen LogP contribution in [0, 0.1) is 0 Å². The van der Waals surface area contributed by atoms with Crippen LogP contribution in [-0.4, -0.2) is 36.7 Å². The summed E-state index contributed by atoms with van der Waals surface area (Å²) in [5.41, 5.74) is 7.02. The first-order valence-corrected chi connectivity index (χ1v) is 7.37. The normalized spacial score (nSPS) is 15.2. The Morgan fingerprint density at radius 2 is 1.75 bits per heavy atom. The molecule has 0 aromatic rings. The van der Waals surface area contributed by atoms with Crippen molar-refractivity contribution in [3.05, 3.63) is 11.6 Å². The molecule has 0 aliphatic heterocycles. The van der Waals surface area contributed by atoms with Crippen LogP contribution in [0.5, 0.6) is 0 Å². The summed E-state index contributed by atoms with van der Waals surface area (Å²) in [6, 6.07) is 0. The Hall–Kier alpha value is -0.203. The smallest absolute Gasteiger partial charge is 0.377 e. The Balaban J connectivity index is 4.46. The molecule has 0 aliphatic rings. The third-order valence-corrected chi connectivity index (χ3v) is 5.86. The van der Waals surface area contributed by atoms with Gasteiger partial charge in [0.05, 0.1) is 0 Å². The van der Waals surface area contributed by atoms with Gasteiger partial charge in [-0.25, -0.2) is 0 Å². The van der Waals surface area contributed by atoms with Gasteiger partial charge in [0, 0.05) is 26.9 Å². The van der Waals surface area contributed by atoms with Gasteiger partial charge in [-0.05, 0) is 26.3 Å². The molecule has 96 valence electrons. The molecule has 0 bridgehead atoms. The number of allylic oxidation sites excluding steroid dienone is 1. The van der Waals surface area contributed by atoms with Crippen molar-refractivity contribution in [2.45, 2.75) is 32.2 Å². The first-order chi connectivity index (χ1) is 7.56. The molecule has 2 N–H and O–H groups in total. The van der Waals surface area contributed by atoms with Crippen LogP contribution in [-0.2, 0) is 13.3 Å². The van der Waals surface area contributed by atoms with Crippen LogP contribution in [0.2, 0.25) is 5.54 Å². The lowest BCUT2D eigenvalue weighted by Crippen LogP contribution is -2.46. The SMILES string of the molecule is CO[Si](OC)(OC)C(C)CC(C)=CCCN. The predicted molar refractivity (Wildman–Crippen MR) is 68.3 cm³/mol. The Morgan fingerprint density at radius 1 is 1.25 bits per heavy atom. The molecule has 0 heterocycles. The molecule has 5 heteroatoms. The molecule has 0 saturated heterocycles. The van der Waals surface area contributed by atoms with Crippen molar-refractivity contribution in [2.75, 3.05) is 27.9 Å². The molecule has 16 heavy (non-hydrogen) atoms. The van der Waals surface area contributed by atoms with Gasteiger partial charge in [0.1, 0.15) is 0 Å². The minimum atomic E-state index is -2.49. The summed E-state index contributed by atoms with van der Waals surface area (Å²) in [5, 5.41) is 0. The van der Waals surface area contributed by atoms with Gasteiger partial charge < -0.3 is 19.0 Å². The van der Waals surface area contributed by atoms with Crippen LogP contribution in [0.3, 0.4) is 0 Å². The second-order valence-electron chi connectivity index (χ2n) is 3.95. The van der Waals surface area contributed by atoms with Gasteiger partial charge in [0.2, 0.25) is 0 Å². The summed E-state index contributed by atoms with van der Waals surface area (Å²) < 4.78 is 16.3. The maximum Gasteiger partial charge on any atom is 0.503 e. The van der Waals surface area contributed by atoms with E-state index in [-0.39, 0.29) is 5.54 Å². The molecule has 0 fully saturated rings. The monoisotopic (exact) mass is 247 g/mol. The van der Waals surface area contributed by atoms with Crippen molar-refractivity contribution >= 4 is 8.80 Å². The van der Waals surface area contributed by atoms with E-state index in [2.05, 4.69) is 19.9 Å². The van der Waals surface area contributed by atoms with Gasteiger partial charge in [-0.3, -0.25) is 0 Å². The molecular weight excluding hydrogens is 222 g/mol. The fraction of sp³-hybridized carbons (Fsp3) is 0.818. The molecule has 0 amide bonds. The first kappa shape index (κ1) is 15.8. The van der Waals surface area contributed by atoms with Gasteiger partial charge in [-0.2, -0.15) is 0 Å². The van der Waals surface area contributed by atoms with E-state index in [0.717, 1.165) is 12.8 Å². The lowest BCUT2D eigenvalue weighted by Gasteiger charge is -2.30. The summed E-state index contributed by atoms with van der Waals surface area (Å²) in [7, 11) is 2.45. The van der Waals surface area contributed by atoms with Gasteiger partial charge in [0.15, 0.2) is 0 Å². The molecule has 0 radical (unpaired) electrons. The third kappa shape index (κ3) is 4.35. The zero-order chi connectivity index (χ0) is 12.6. The summed E-state index contributed by atoms with van der Waals surface area (Å²) >= 11 is 0. The van der Waals surface area contributed by atoms with E-state index in [0.29, 0.717) is 6.54 Å². The summed E-state index contributed by atoms with van der Waals surface area (Å²) in [5.74, 6) is 0. The highest BCUT2D eigenvalue weighted by atomic mass is 28.4. The molecular formula is C11H25NO3Si. The van der Waals surface area contributed by atoms with Crippen LogP contribution in [0.15, 0.2) is 11.6 Å². The largest absolute Gasteiger partial charge is 0.503 e. The second kappa shape index (κ2) is 7.97. The van der Waals surface area contributed by atoms with Crippen LogP contribution in [0.25, 0.3) is 0 Å². The van der Waals surface area contributed by atoms with Crippen LogP contribution in [0.1, 0.15) is 26.7 Å². The van der Waals surface area contributed by atoms with Crippen molar-refractivity contribution < 1.29 is 13.3 Å². The van der Waals surface area contributed by atoms with Crippen molar-refractivity contribution in [3.8, 4) is 0 Å². The van der Waals surface area contributed by atoms with E-state index < -0.39 is 8.80 Å². The fourth-order valence-electron chi connectivity index (χ4n) is 1.87. The van der Waals surface area contributed by atoms with E-state index in [1.165, 1.54) is 5.57 Å². The molecule has 0 saturated carbocycles. The molecule has 1 unspecified atom stereocenters. The summed E-state index contributed by atoms with van der Waals surface area (Å²) in [6.07, 6.45) is 4.00. The highest BCUT2D eigenvalue weighted by Crippen LogP contribution is 2.29. The van der Waals surface area contributed by atoms with Crippen molar-refractivity contribution in [3.63, 3.8) is 0 Å². The molecule has 1 atom stereocenters. The van der Waals surface area contributed by atoms with E-state index in [4.69, 9.17) is 19.0 Å². The van der Waals surface area contributed by atoms with E-state index >= 15 is 0 Å². The molecule has 0 aromatic carbocycles. The first-order valence-electron chi connectivity index (χ1n) is 5.57. The molecule has 0 aromatic heterocycles. The van der Waals surface area contributed by atoms with Crippen LogP contribution in [0.4, 0.5) is 0 Å². The quantitative estimate of drug-likeness (QED) is 0.526. The lowest BCUT2D eigenvalue weighted by atomic mass is 10.1. The van der Waals surface area contributed by atoms with Gasteiger partial charge >= 0.3 is 8.80 Å². The van der Waals surface area contributed by atoms with Gasteiger partial charge in [0.25, 0.3) is 0 Å². The topological polar surface area (TPSA) is 53.7 Å². The fourth-order valence-corrected chi connectivity index (χ4v) is 4.15. The summed E-state index contributed by atoms with van der Waals surface area (Å²) in [6.45, 7) is 4.89. The summed E-state index contributed by atoms with van der Waals surface area (Å²) in [4.78, 5) is 0. The minimum absolute atomic E-state index is 0.251. The maximum absolute atomic E-state index is 5.46. The van der Waals surface area contributed by atoms with E-state index in [1.807, 2.05) is 0 Å². The number of hydrogen-bond acceptors (Lipinski definition) is 4. The second-order valence-corrected chi connectivity index (χ2v) is 7.37. The highest BCUT2D eigenvalue weighted by Gasteiger charge is 2.44. The lowest BCUT2D eigenvalue weighted by molar-refractivity contribution is 0.113. The molecule has 0 spiro atoms. The number of hydrogen-bond donors (Lipinski definition) is 1. The van der Waals surface area contributed by atoms with Crippen molar-refractivity contribution in [2.24, 2.45) is 5.73 Å². The van der Waals surface area contributed by atoms with E-state index in [9.17, 15) is 0 Å². The number of rotatable bonds is 8. The Morgan fingerprint density at radius 3 is 2.12 bits per heavy atom. The zero-order valence-corrected chi connectivity index (χ0v) is 12.1. The average Bonchev–Trinajstić information content (AvgIpc) is 2.29. The van der Waals surface area contributed by atoms with Crippen LogP contribution < -0.4 is 5.73 Å². The highest BCUT2D eigenvalue weighted by molar-refractivity contribution is 6.62. The van der Waals surface area contributed by atoms with Gasteiger partial charge in [-0.15, -0.1) is 0 Å².